The second-order valence-corrected chi connectivity index (χ2v) is 5.63. The van der Waals surface area contributed by atoms with Gasteiger partial charge in [-0.05, 0) is 51.4 Å². The summed E-state index contributed by atoms with van der Waals surface area (Å²) < 4.78 is 11.9. The molecule has 1 heteroatoms. The van der Waals surface area contributed by atoms with E-state index in [1.807, 2.05) is 0 Å². The molecule has 0 aliphatic rings. The van der Waals surface area contributed by atoms with E-state index in [-0.39, 0.29) is 6.67 Å². The number of rotatable bonds is 15. The number of hydrogen-bond donors (Lipinski definition) is 0. The number of halogens is 1. The molecule has 0 aromatic rings. The highest BCUT2D eigenvalue weighted by Crippen LogP contribution is 2.03. The van der Waals surface area contributed by atoms with Gasteiger partial charge in [0.2, 0.25) is 0 Å². The Hall–Kier alpha value is -1.11. The van der Waals surface area contributed by atoms with Crippen molar-refractivity contribution in [3.63, 3.8) is 0 Å². The summed E-state index contributed by atoms with van der Waals surface area (Å²) in [4.78, 5) is 0. The largest absolute Gasteiger partial charge is 0.251 e. The Morgan fingerprint density at radius 1 is 0.545 bits per heavy atom. The lowest BCUT2D eigenvalue weighted by molar-refractivity contribution is 0.463. The number of allylic oxidation sites excluding steroid dienone is 8. The first-order valence-electron chi connectivity index (χ1n) is 9.07. The first kappa shape index (κ1) is 20.9. The molecular formula is C21H35F. The van der Waals surface area contributed by atoms with Gasteiger partial charge in [0.25, 0.3) is 0 Å². The van der Waals surface area contributed by atoms with Crippen molar-refractivity contribution >= 4 is 0 Å². The molecule has 126 valence electrons. The fourth-order valence-corrected chi connectivity index (χ4v) is 2.09. The summed E-state index contributed by atoms with van der Waals surface area (Å²) in [5.74, 6) is 0. The van der Waals surface area contributed by atoms with Crippen molar-refractivity contribution in [2.24, 2.45) is 0 Å². The first-order valence-corrected chi connectivity index (χ1v) is 9.07. The highest BCUT2D eigenvalue weighted by Gasteiger charge is 1.84. The Morgan fingerprint density at radius 2 is 1.00 bits per heavy atom. The van der Waals surface area contributed by atoms with Crippen LogP contribution >= 0.6 is 0 Å². The maximum Gasteiger partial charge on any atom is 0.0894 e. The Bertz CT molecular complexity index is 310. The molecule has 0 aromatic heterocycles. The van der Waals surface area contributed by atoms with Crippen LogP contribution in [0.2, 0.25) is 0 Å². The van der Waals surface area contributed by atoms with Gasteiger partial charge in [-0.3, -0.25) is 4.39 Å². The summed E-state index contributed by atoms with van der Waals surface area (Å²) in [5.41, 5.74) is 0. The van der Waals surface area contributed by atoms with Crippen LogP contribution in [-0.4, -0.2) is 6.67 Å². The lowest BCUT2D eigenvalue weighted by Gasteiger charge is -1.93. The Morgan fingerprint density at radius 3 is 1.45 bits per heavy atom. The summed E-state index contributed by atoms with van der Waals surface area (Å²) in [6, 6.07) is 0. The molecule has 0 rings (SSSR count). The SMILES string of the molecule is CCCCCC/C=C\C/C=C\C/C=C\C/C=C\CCCCF. The van der Waals surface area contributed by atoms with Gasteiger partial charge in [0.1, 0.15) is 0 Å². The van der Waals surface area contributed by atoms with Gasteiger partial charge < -0.3 is 0 Å². The molecule has 0 fully saturated rings. The normalized spacial score (nSPS) is 12.6. The van der Waals surface area contributed by atoms with Crippen LogP contribution in [0.25, 0.3) is 0 Å². The van der Waals surface area contributed by atoms with Crippen LogP contribution in [0.3, 0.4) is 0 Å². The maximum atomic E-state index is 11.9. The summed E-state index contributed by atoms with van der Waals surface area (Å²) in [6.45, 7) is 2.06. The van der Waals surface area contributed by atoms with Crippen LogP contribution in [0, 0.1) is 0 Å². The average molecular weight is 307 g/mol. The van der Waals surface area contributed by atoms with Gasteiger partial charge in [-0.15, -0.1) is 0 Å². The third kappa shape index (κ3) is 18.9. The molecule has 0 radical (unpaired) electrons. The molecule has 0 saturated heterocycles. The van der Waals surface area contributed by atoms with Crippen LogP contribution in [-0.2, 0) is 0 Å². The predicted molar refractivity (Wildman–Crippen MR) is 99.0 cm³/mol. The summed E-state index contributed by atoms with van der Waals surface area (Å²) in [7, 11) is 0. The van der Waals surface area contributed by atoms with E-state index in [4.69, 9.17) is 0 Å². The zero-order chi connectivity index (χ0) is 16.1. The minimum Gasteiger partial charge on any atom is -0.251 e. The van der Waals surface area contributed by atoms with Crippen molar-refractivity contribution < 1.29 is 4.39 Å². The highest BCUT2D eigenvalue weighted by molar-refractivity contribution is 4.99. The zero-order valence-corrected chi connectivity index (χ0v) is 14.5. The van der Waals surface area contributed by atoms with Crippen LogP contribution < -0.4 is 0 Å². The Labute approximate surface area is 137 Å². The van der Waals surface area contributed by atoms with Crippen molar-refractivity contribution in [2.45, 2.75) is 77.6 Å². The van der Waals surface area contributed by atoms with E-state index >= 15 is 0 Å². The molecule has 0 spiro atoms. The number of alkyl halides is 1. The monoisotopic (exact) mass is 306 g/mol. The molecule has 0 unspecified atom stereocenters. The van der Waals surface area contributed by atoms with E-state index in [1.165, 1.54) is 32.1 Å². The van der Waals surface area contributed by atoms with E-state index in [9.17, 15) is 4.39 Å². The minimum absolute atomic E-state index is 0.186. The maximum absolute atomic E-state index is 11.9. The highest BCUT2D eigenvalue weighted by atomic mass is 19.1. The average Bonchev–Trinajstić information content (AvgIpc) is 2.54. The van der Waals surface area contributed by atoms with Gasteiger partial charge in [0.15, 0.2) is 0 Å². The van der Waals surface area contributed by atoms with Gasteiger partial charge in [0, 0.05) is 0 Å². The molecule has 0 N–H and O–H groups in total. The van der Waals surface area contributed by atoms with Crippen LogP contribution in [0.4, 0.5) is 4.39 Å². The number of unbranched alkanes of at least 4 members (excludes halogenated alkanes) is 6. The molecule has 0 nitrogen and oxygen atoms in total. The standard InChI is InChI=1S/C21H35F/c1-2-3-4-5-6-7-8-9-10-11-12-13-14-15-16-17-18-19-20-21-22/h7-8,10-11,13-14,16-17H,2-6,9,12,15,18-21H2,1H3/b8-7-,11-10-,14-13-,17-16-. The second kappa shape index (κ2) is 19.9. The molecule has 0 amide bonds. The van der Waals surface area contributed by atoms with E-state index in [0.29, 0.717) is 6.42 Å². The van der Waals surface area contributed by atoms with Gasteiger partial charge in [-0.2, -0.15) is 0 Å². The van der Waals surface area contributed by atoms with Gasteiger partial charge >= 0.3 is 0 Å². The van der Waals surface area contributed by atoms with Crippen LogP contribution in [0.15, 0.2) is 48.6 Å². The van der Waals surface area contributed by atoms with E-state index in [1.54, 1.807) is 0 Å². The fraction of sp³-hybridized carbons (Fsp3) is 0.619. The van der Waals surface area contributed by atoms with Gasteiger partial charge in [-0.25, -0.2) is 0 Å². The third-order valence-electron chi connectivity index (χ3n) is 3.46. The van der Waals surface area contributed by atoms with Gasteiger partial charge in [-0.1, -0.05) is 74.8 Å². The van der Waals surface area contributed by atoms with Crippen molar-refractivity contribution in [3.05, 3.63) is 48.6 Å². The predicted octanol–water partition coefficient (Wildman–Crippen LogP) is 7.49. The quantitative estimate of drug-likeness (QED) is 0.217. The van der Waals surface area contributed by atoms with Crippen LogP contribution in [0.5, 0.6) is 0 Å². The molecule has 0 saturated carbocycles. The third-order valence-corrected chi connectivity index (χ3v) is 3.46. The molecule has 0 aromatic carbocycles. The summed E-state index contributed by atoms with van der Waals surface area (Å²) in [5, 5.41) is 0. The minimum atomic E-state index is -0.186. The molecule has 0 heterocycles. The molecule has 0 bridgehead atoms. The summed E-state index contributed by atoms with van der Waals surface area (Å²) >= 11 is 0. The smallest absolute Gasteiger partial charge is 0.0894 e. The molecule has 0 aliphatic carbocycles. The Balaban J connectivity index is 3.35. The lowest BCUT2D eigenvalue weighted by atomic mass is 10.1. The molecular weight excluding hydrogens is 271 g/mol. The van der Waals surface area contributed by atoms with Gasteiger partial charge in [0.05, 0.1) is 6.67 Å². The Kier molecular flexibility index (Phi) is 18.9. The summed E-state index contributed by atoms with van der Waals surface area (Å²) in [6.07, 6.45) is 30.1. The fourth-order valence-electron chi connectivity index (χ4n) is 2.09. The van der Waals surface area contributed by atoms with Crippen LogP contribution in [0.1, 0.15) is 77.6 Å². The van der Waals surface area contributed by atoms with E-state index < -0.39 is 0 Å². The van der Waals surface area contributed by atoms with Crippen molar-refractivity contribution in [1.82, 2.24) is 0 Å². The molecule has 0 aliphatic heterocycles. The van der Waals surface area contributed by atoms with E-state index in [0.717, 1.165) is 32.1 Å². The lowest BCUT2D eigenvalue weighted by Crippen LogP contribution is -1.74. The zero-order valence-electron chi connectivity index (χ0n) is 14.5. The van der Waals surface area contributed by atoms with Crippen molar-refractivity contribution in [2.75, 3.05) is 6.67 Å². The van der Waals surface area contributed by atoms with E-state index in [2.05, 4.69) is 55.5 Å². The molecule has 22 heavy (non-hydrogen) atoms. The van der Waals surface area contributed by atoms with Crippen molar-refractivity contribution in [3.8, 4) is 0 Å². The van der Waals surface area contributed by atoms with Crippen molar-refractivity contribution in [1.29, 1.82) is 0 Å². The number of hydrogen-bond acceptors (Lipinski definition) is 0. The molecule has 0 atom stereocenters. The first-order chi connectivity index (χ1) is 10.9. The topological polar surface area (TPSA) is 0 Å². The second-order valence-electron chi connectivity index (χ2n) is 5.63.